The molecule has 0 aliphatic carbocycles. The number of ether oxygens (including phenoxy) is 2. The summed E-state index contributed by atoms with van der Waals surface area (Å²) in [7, 11) is 0. The summed E-state index contributed by atoms with van der Waals surface area (Å²) in [6, 6.07) is 5.70. The lowest BCUT2D eigenvalue weighted by molar-refractivity contribution is -0.141. The van der Waals surface area contributed by atoms with E-state index in [-0.39, 0.29) is 12.5 Å². The summed E-state index contributed by atoms with van der Waals surface area (Å²) in [6.45, 7) is 7.14. The number of hydrogen-bond donors (Lipinski definition) is 2. The predicted octanol–water partition coefficient (Wildman–Crippen LogP) is 3.03. The van der Waals surface area contributed by atoms with Crippen LogP contribution in [-0.2, 0) is 4.79 Å². The molecule has 2 atom stereocenters. The van der Waals surface area contributed by atoms with Gasteiger partial charge >= 0.3 is 5.97 Å². The van der Waals surface area contributed by atoms with Gasteiger partial charge in [0.2, 0.25) is 0 Å². The molecule has 1 aromatic rings. The molecule has 0 amide bonds. The van der Waals surface area contributed by atoms with Crippen LogP contribution in [0.1, 0.15) is 45.1 Å². The van der Waals surface area contributed by atoms with Crippen molar-refractivity contribution in [3.63, 3.8) is 0 Å². The molecule has 5 nitrogen and oxygen atoms in total. The van der Waals surface area contributed by atoms with Gasteiger partial charge in [-0.2, -0.15) is 0 Å². The fraction of sp³-hybridized carbons (Fsp3) is 0.588. The van der Waals surface area contributed by atoms with Gasteiger partial charge in [-0.05, 0) is 44.7 Å². The molecule has 3 N–H and O–H groups in total. The Morgan fingerprint density at radius 2 is 1.73 bits per heavy atom. The maximum absolute atomic E-state index is 11.3. The number of hydrogen-bond acceptors (Lipinski definition) is 4. The molecular formula is C17H27NO4. The first-order valence-electron chi connectivity index (χ1n) is 7.90. The van der Waals surface area contributed by atoms with Crippen LogP contribution in [0.2, 0.25) is 0 Å². The minimum absolute atomic E-state index is 0.0361. The molecule has 1 aromatic carbocycles. The zero-order valence-electron chi connectivity index (χ0n) is 13.7. The van der Waals surface area contributed by atoms with Gasteiger partial charge in [-0.25, -0.2) is 0 Å². The summed E-state index contributed by atoms with van der Waals surface area (Å²) in [4.78, 5) is 11.3. The Morgan fingerprint density at radius 1 is 1.18 bits per heavy atom. The predicted molar refractivity (Wildman–Crippen MR) is 86.6 cm³/mol. The number of carboxylic acids is 1. The molecule has 0 aromatic heterocycles. The van der Waals surface area contributed by atoms with E-state index in [4.69, 9.17) is 15.2 Å². The Morgan fingerprint density at radius 3 is 2.09 bits per heavy atom. The fourth-order valence-electron chi connectivity index (χ4n) is 2.62. The van der Waals surface area contributed by atoms with E-state index >= 15 is 0 Å². The lowest BCUT2D eigenvalue weighted by atomic mass is 9.85. The van der Waals surface area contributed by atoms with Gasteiger partial charge in [-0.1, -0.05) is 13.0 Å². The second-order valence-electron chi connectivity index (χ2n) is 5.15. The molecule has 0 saturated heterocycles. The van der Waals surface area contributed by atoms with E-state index in [1.54, 1.807) is 0 Å². The Balaban J connectivity index is 3.19. The lowest BCUT2D eigenvalue weighted by Gasteiger charge is -2.24. The van der Waals surface area contributed by atoms with Gasteiger partial charge in [-0.3, -0.25) is 4.79 Å². The number of benzene rings is 1. The van der Waals surface area contributed by atoms with E-state index in [0.717, 1.165) is 23.5 Å². The first-order valence-corrected chi connectivity index (χ1v) is 7.90. The normalized spacial score (nSPS) is 13.5. The molecule has 124 valence electrons. The summed E-state index contributed by atoms with van der Waals surface area (Å²) in [5.41, 5.74) is 6.56. The van der Waals surface area contributed by atoms with Gasteiger partial charge in [0.25, 0.3) is 0 Å². The summed E-state index contributed by atoms with van der Waals surface area (Å²) in [5.74, 6) is 0.152. The summed E-state index contributed by atoms with van der Waals surface area (Å²) in [5, 5.41) is 9.27. The van der Waals surface area contributed by atoms with E-state index < -0.39 is 11.9 Å². The maximum Gasteiger partial charge on any atom is 0.307 e. The van der Waals surface area contributed by atoms with E-state index in [0.29, 0.717) is 19.6 Å². The lowest BCUT2D eigenvalue weighted by Crippen LogP contribution is -2.25. The molecule has 0 saturated carbocycles. The highest BCUT2D eigenvalue weighted by Crippen LogP contribution is 2.40. The van der Waals surface area contributed by atoms with Crippen LogP contribution in [-0.4, -0.2) is 30.8 Å². The van der Waals surface area contributed by atoms with Crippen LogP contribution in [0.15, 0.2) is 18.2 Å². The van der Waals surface area contributed by atoms with Crippen molar-refractivity contribution in [1.29, 1.82) is 0 Å². The van der Waals surface area contributed by atoms with Crippen LogP contribution in [0.5, 0.6) is 11.5 Å². The average Bonchev–Trinajstić information content (AvgIpc) is 2.50. The summed E-state index contributed by atoms with van der Waals surface area (Å²) < 4.78 is 11.4. The topological polar surface area (TPSA) is 81.8 Å². The van der Waals surface area contributed by atoms with Crippen LogP contribution in [0.3, 0.4) is 0 Å². The van der Waals surface area contributed by atoms with Crippen LogP contribution < -0.4 is 15.2 Å². The molecule has 0 radical (unpaired) electrons. The zero-order valence-corrected chi connectivity index (χ0v) is 13.7. The highest BCUT2D eigenvalue weighted by Gasteiger charge is 2.26. The molecule has 2 unspecified atom stereocenters. The van der Waals surface area contributed by atoms with Gasteiger partial charge in [0.05, 0.1) is 19.1 Å². The minimum atomic E-state index is -0.854. The van der Waals surface area contributed by atoms with Crippen LogP contribution >= 0.6 is 0 Å². The zero-order chi connectivity index (χ0) is 16.5. The number of carbonyl (C=O) groups is 1. The van der Waals surface area contributed by atoms with Crippen molar-refractivity contribution in [1.82, 2.24) is 0 Å². The van der Waals surface area contributed by atoms with E-state index in [2.05, 4.69) is 0 Å². The molecule has 0 aliphatic heterocycles. The monoisotopic (exact) mass is 309 g/mol. The van der Waals surface area contributed by atoms with Crippen LogP contribution in [0.4, 0.5) is 0 Å². The molecule has 0 heterocycles. The highest BCUT2D eigenvalue weighted by molar-refractivity contribution is 5.70. The highest BCUT2D eigenvalue weighted by atomic mass is 16.5. The van der Waals surface area contributed by atoms with Crippen molar-refractivity contribution < 1.29 is 19.4 Å². The van der Waals surface area contributed by atoms with Gasteiger partial charge in [0.15, 0.2) is 0 Å². The SMILES string of the molecule is CCOc1cccc(OCC)c1C(CC)CC(CN)C(=O)O. The summed E-state index contributed by atoms with van der Waals surface area (Å²) >= 11 is 0. The fourth-order valence-corrected chi connectivity index (χ4v) is 2.62. The Hall–Kier alpha value is -1.75. The van der Waals surface area contributed by atoms with Gasteiger partial charge in [-0.15, -0.1) is 0 Å². The third kappa shape index (κ3) is 4.63. The van der Waals surface area contributed by atoms with E-state index in [1.165, 1.54) is 0 Å². The number of rotatable bonds is 10. The molecule has 0 bridgehead atoms. The minimum Gasteiger partial charge on any atom is -0.493 e. The Labute approximate surface area is 132 Å². The van der Waals surface area contributed by atoms with Gasteiger partial charge in [0, 0.05) is 12.1 Å². The van der Waals surface area contributed by atoms with E-state index in [9.17, 15) is 9.90 Å². The number of nitrogens with two attached hydrogens (primary N) is 1. The molecular weight excluding hydrogens is 282 g/mol. The molecule has 0 aliphatic rings. The first-order chi connectivity index (χ1) is 10.6. The molecule has 5 heteroatoms. The van der Waals surface area contributed by atoms with Crippen molar-refractivity contribution in [2.24, 2.45) is 11.7 Å². The summed E-state index contributed by atoms with van der Waals surface area (Å²) in [6.07, 6.45) is 1.28. The third-order valence-corrected chi connectivity index (χ3v) is 3.73. The molecule has 22 heavy (non-hydrogen) atoms. The van der Waals surface area contributed by atoms with Crippen molar-refractivity contribution in [3.8, 4) is 11.5 Å². The Bertz CT molecular complexity index is 451. The van der Waals surface area contributed by atoms with Crippen LogP contribution in [0.25, 0.3) is 0 Å². The largest absolute Gasteiger partial charge is 0.493 e. The second-order valence-corrected chi connectivity index (χ2v) is 5.15. The smallest absolute Gasteiger partial charge is 0.307 e. The molecule has 1 rings (SSSR count). The van der Waals surface area contributed by atoms with Gasteiger partial charge < -0.3 is 20.3 Å². The third-order valence-electron chi connectivity index (χ3n) is 3.73. The number of carboxylic acid groups (broad SMARTS) is 1. The molecule has 0 fully saturated rings. The Kier molecular flexibility index (Phi) is 7.74. The quantitative estimate of drug-likeness (QED) is 0.694. The van der Waals surface area contributed by atoms with Crippen molar-refractivity contribution in [2.75, 3.05) is 19.8 Å². The number of aliphatic carboxylic acids is 1. The van der Waals surface area contributed by atoms with Crippen molar-refractivity contribution in [2.45, 2.75) is 39.5 Å². The van der Waals surface area contributed by atoms with Crippen LogP contribution in [0, 0.1) is 5.92 Å². The second kappa shape index (κ2) is 9.30. The van der Waals surface area contributed by atoms with E-state index in [1.807, 2.05) is 39.0 Å². The maximum atomic E-state index is 11.3. The van der Waals surface area contributed by atoms with Crippen molar-refractivity contribution >= 4 is 5.97 Å². The standard InChI is InChI=1S/C17H27NO4/c1-4-12(10-13(11-18)17(19)20)16-14(21-5-2)8-7-9-15(16)22-6-3/h7-9,12-13H,4-6,10-11,18H2,1-3H3,(H,19,20). The first kappa shape index (κ1) is 18.3. The molecule has 0 spiro atoms. The van der Waals surface area contributed by atoms with Gasteiger partial charge in [0.1, 0.15) is 11.5 Å². The van der Waals surface area contributed by atoms with Crippen molar-refractivity contribution in [3.05, 3.63) is 23.8 Å². The average molecular weight is 309 g/mol.